The Hall–Kier alpha value is -3.42. The Kier molecular flexibility index (Phi) is 6.78. The van der Waals surface area contributed by atoms with Crippen LogP contribution < -0.4 is 15.0 Å². The number of anilines is 1. The van der Waals surface area contributed by atoms with Gasteiger partial charge in [0.1, 0.15) is 11.6 Å². The van der Waals surface area contributed by atoms with Crippen LogP contribution >= 0.6 is 0 Å². The highest BCUT2D eigenvalue weighted by atomic mass is 19.1. The van der Waals surface area contributed by atoms with E-state index in [1.54, 1.807) is 35.2 Å². The first-order valence-electron chi connectivity index (χ1n) is 9.30. The molecule has 1 N–H and O–H groups in total. The summed E-state index contributed by atoms with van der Waals surface area (Å²) < 4.78 is 18.6. The van der Waals surface area contributed by atoms with E-state index < -0.39 is 18.3 Å². The average molecular weight is 399 g/mol. The summed E-state index contributed by atoms with van der Waals surface area (Å²) in [4.78, 5) is 39.6. The fourth-order valence-corrected chi connectivity index (χ4v) is 2.98. The average Bonchev–Trinajstić information content (AvgIpc) is 2.76. The SMILES string of the molecule is O=C(COc1ccccc1)C(=O)NCC(=O)N1CCN(c2cccc(F)c2)CC1. The van der Waals surface area contributed by atoms with Gasteiger partial charge in [0.05, 0.1) is 6.54 Å². The molecule has 0 spiro atoms. The van der Waals surface area contributed by atoms with Crippen molar-refractivity contribution in [3.63, 3.8) is 0 Å². The number of Topliss-reactive ketones (excluding diaryl/α,β-unsaturated/α-hetero) is 1. The first-order chi connectivity index (χ1) is 14.0. The number of nitrogens with one attached hydrogen (secondary N) is 1. The monoisotopic (exact) mass is 399 g/mol. The normalized spacial score (nSPS) is 13.7. The summed E-state index contributed by atoms with van der Waals surface area (Å²) in [5, 5.41) is 2.34. The van der Waals surface area contributed by atoms with Gasteiger partial charge in [-0.05, 0) is 30.3 Å². The van der Waals surface area contributed by atoms with Crippen LogP contribution in [0.25, 0.3) is 0 Å². The minimum absolute atomic E-state index is 0.254. The molecule has 0 atom stereocenters. The number of nitrogens with zero attached hydrogens (tertiary/aromatic N) is 2. The lowest BCUT2D eigenvalue weighted by Gasteiger charge is -2.36. The molecule has 29 heavy (non-hydrogen) atoms. The van der Waals surface area contributed by atoms with Crippen molar-refractivity contribution in [2.75, 3.05) is 44.2 Å². The van der Waals surface area contributed by atoms with Gasteiger partial charge < -0.3 is 19.9 Å². The van der Waals surface area contributed by atoms with Crippen molar-refractivity contribution < 1.29 is 23.5 Å². The molecule has 1 heterocycles. The maximum Gasteiger partial charge on any atom is 0.291 e. The molecule has 3 rings (SSSR count). The zero-order chi connectivity index (χ0) is 20.6. The molecule has 2 amide bonds. The molecule has 2 aromatic carbocycles. The van der Waals surface area contributed by atoms with Gasteiger partial charge in [-0.1, -0.05) is 24.3 Å². The number of carbonyl (C=O) groups excluding carboxylic acids is 3. The standard InChI is InChI=1S/C21H22FN3O4/c22-16-5-4-6-17(13-16)24-9-11-25(12-10-24)20(27)14-23-21(28)19(26)15-29-18-7-2-1-3-8-18/h1-8,13H,9-12,14-15H2,(H,23,28). The number of ether oxygens (including phenoxy) is 1. The summed E-state index contributed by atoms with van der Waals surface area (Å²) in [5.74, 6) is -1.69. The molecule has 7 nitrogen and oxygen atoms in total. The lowest BCUT2D eigenvalue weighted by molar-refractivity contribution is -0.140. The number of hydrogen-bond acceptors (Lipinski definition) is 5. The highest BCUT2D eigenvalue weighted by Crippen LogP contribution is 2.17. The number of benzene rings is 2. The summed E-state index contributed by atoms with van der Waals surface area (Å²) in [6, 6.07) is 15.0. The molecule has 0 unspecified atom stereocenters. The number of halogens is 1. The largest absolute Gasteiger partial charge is 0.485 e. The van der Waals surface area contributed by atoms with Crippen molar-refractivity contribution in [3.8, 4) is 5.75 Å². The molecule has 0 aromatic heterocycles. The molecule has 1 aliphatic rings. The van der Waals surface area contributed by atoms with Crippen LogP contribution in [0.4, 0.5) is 10.1 Å². The van der Waals surface area contributed by atoms with Gasteiger partial charge in [0, 0.05) is 31.9 Å². The van der Waals surface area contributed by atoms with Crippen molar-refractivity contribution in [2.24, 2.45) is 0 Å². The molecule has 2 aromatic rings. The molecule has 152 valence electrons. The quantitative estimate of drug-likeness (QED) is 0.709. The number of hydrogen-bond donors (Lipinski definition) is 1. The zero-order valence-corrected chi connectivity index (χ0v) is 15.8. The molecule has 1 aliphatic heterocycles. The van der Waals surface area contributed by atoms with E-state index in [0.717, 1.165) is 5.69 Å². The second kappa shape index (κ2) is 9.68. The smallest absolute Gasteiger partial charge is 0.291 e. The minimum Gasteiger partial charge on any atom is -0.485 e. The van der Waals surface area contributed by atoms with Gasteiger partial charge in [0.25, 0.3) is 11.7 Å². The topological polar surface area (TPSA) is 78.9 Å². The maximum absolute atomic E-state index is 13.4. The summed E-state index contributed by atoms with van der Waals surface area (Å²) in [6.45, 7) is 1.39. The Bertz CT molecular complexity index is 867. The van der Waals surface area contributed by atoms with E-state index in [0.29, 0.717) is 31.9 Å². The van der Waals surface area contributed by atoms with E-state index in [1.165, 1.54) is 12.1 Å². The maximum atomic E-state index is 13.4. The predicted molar refractivity (Wildman–Crippen MR) is 105 cm³/mol. The fourth-order valence-electron chi connectivity index (χ4n) is 2.98. The third-order valence-electron chi connectivity index (χ3n) is 4.57. The Labute approximate surface area is 168 Å². The van der Waals surface area contributed by atoms with Crippen LogP contribution in [-0.4, -0.2) is 61.8 Å². The number of para-hydroxylation sites is 1. The molecule has 0 aliphatic carbocycles. The van der Waals surface area contributed by atoms with E-state index in [4.69, 9.17) is 4.74 Å². The van der Waals surface area contributed by atoms with Crippen LogP contribution in [0.1, 0.15) is 0 Å². The Morgan fingerprint density at radius 1 is 0.966 bits per heavy atom. The van der Waals surface area contributed by atoms with Crippen molar-refractivity contribution in [1.29, 1.82) is 0 Å². The number of ketones is 1. The van der Waals surface area contributed by atoms with Gasteiger partial charge in [-0.15, -0.1) is 0 Å². The van der Waals surface area contributed by atoms with Crippen LogP contribution in [0, 0.1) is 5.82 Å². The lowest BCUT2D eigenvalue weighted by atomic mass is 10.2. The van der Waals surface area contributed by atoms with E-state index >= 15 is 0 Å². The molecule has 1 saturated heterocycles. The van der Waals surface area contributed by atoms with Crippen molar-refractivity contribution in [1.82, 2.24) is 10.2 Å². The number of amides is 2. The summed E-state index contributed by atoms with van der Waals surface area (Å²) >= 11 is 0. The molecular weight excluding hydrogens is 377 g/mol. The molecule has 1 fully saturated rings. The lowest BCUT2D eigenvalue weighted by Crippen LogP contribution is -2.51. The molecule has 0 bridgehead atoms. The van der Waals surface area contributed by atoms with Gasteiger partial charge in [0.2, 0.25) is 5.91 Å². The van der Waals surface area contributed by atoms with Crippen molar-refractivity contribution in [3.05, 3.63) is 60.4 Å². The van der Waals surface area contributed by atoms with Gasteiger partial charge >= 0.3 is 0 Å². The van der Waals surface area contributed by atoms with E-state index in [9.17, 15) is 18.8 Å². The van der Waals surface area contributed by atoms with Gasteiger partial charge in [-0.25, -0.2) is 4.39 Å². The molecule has 0 saturated carbocycles. The van der Waals surface area contributed by atoms with E-state index in [2.05, 4.69) is 5.32 Å². The minimum atomic E-state index is -0.854. The fraction of sp³-hybridized carbons (Fsp3) is 0.286. The number of piperazine rings is 1. The molecule has 8 heteroatoms. The van der Waals surface area contributed by atoms with Crippen LogP contribution in [0.5, 0.6) is 5.75 Å². The summed E-state index contributed by atoms with van der Waals surface area (Å²) in [6.07, 6.45) is 0. The predicted octanol–water partition coefficient (Wildman–Crippen LogP) is 1.24. The van der Waals surface area contributed by atoms with E-state index in [-0.39, 0.29) is 18.3 Å². The first-order valence-corrected chi connectivity index (χ1v) is 9.30. The van der Waals surface area contributed by atoms with Crippen LogP contribution in [0.15, 0.2) is 54.6 Å². The van der Waals surface area contributed by atoms with Crippen molar-refractivity contribution >= 4 is 23.3 Å². The van der Waals surface area contributed by atoms with Crippen LogP contribution in [0.3, 0.4) is 0 Å². The number of rotatable bonds is 7. The van der Waals surface area contributed by atoms with Crippen LogP contribution in [0.2, 0.25) is 0 Å². The van der Waals surface area contributed by atoms with Gasteiger partial charge in [-0.3, -0.25) is 14.4 Å². The van der Waals surface area contributed by atoms with Crippen LogP contribution in [-0.2, 0) is 14.4 Å². The third kappa shape index (κ3) is 5.78. The Morgan fingerprint density at radius 2 is 1.69 bits per heavy atom. The van der Waals surface area contributed by atoms with E-state index in [1.807, 2.05) is 17.0 Å². The van der Waals surface area contributed by atoms with Gasteiger partial charge in [0.15, 0.2) is 6.61 Å². The number of carbonyl (C=O) groups is 3. The zero-order valence-electron chi connectivity index (χ0n) is 15.8. The Morgan fingerprint density at radius 3 is 2.38 bits per heavy atom. The highest BCUT2D eigenvalue weighted by molar-refractivity contribution is 6.37. The first kappa shape index (κ1) is 20.3. The van der Waals surface area contributed by atoms with Gasteiger partial charge in [-0.2, -0.15) is 0 Å². The summed E-state index contributed by atoms with van der Waals surface area (Å²) in [7, 11) is 0. The Balaban J connectivity index is 1.39. The highest BCUT2D eigenvalue weighted by Gasteiger charge is 2.23. The second-order valence-electron chi connectivity index (χ2n) is 6.56. The molecule has 0 radical (unpaired) electrons. The molecular formula is C21H22FN3O4. The second-order valence-corrected chi connectivity index (χ2v) is 6.56. The van der Waals surface area contributed by atoms with Crippen molar-refractivity contribution in [2.45, 2.75) is 0 Å². The summed E-state index contributed by atoms with van der Waals surface area (Å²) in [5.41, 5.74) is 0.773. The third-order valence-corrected chi connectivity index (χ3v) is 4.57.